The Balaban J connectivity index is 1.89. The van der Waals surface area contributed by atoms with Crippen molar-refractivity contribution in [3.63, 3.8) is 0 Å². The number of halogens is 3. The third-order valence-electron chi connectivity index (χ3n) is 4.71. The van der Waals surface area contributed by atoms with Crippen LogP contribution in [0, 0.1) is 0 Å². The van der Waals surface area contributed by atoms with Gasteiger partial charge in [0.25, 0.3) is 0 Å². The highest BCUT2D eigenvalue weighted by molar-refractivity contribution is 7.92. The van der Waals surface area contributed by atoms with Gasteiger partial charge in [-0.25, -0.2) is 18.4 Å². The fraction of sp³-hybridized carbons (Fsp3) is 0.300. The molecule has 3 rings (SSSR count). The minimum absolute atomic E-state index is 0.0309. The molecule has 182 valence electrons. The molecule has 0 aliphatic carbocycles. The average Bonchev–Trinajstić information content (AvgIpc) is 2.76. The number of anilines is 4. The molecular formula is C20H22F3N7O3S. The molecule has 0 fully saturated rings. The van der Waals surface area contributed by atoms with Crippen LogP contribution >= 0.6 is 0 Å². The Morgan fingerprint density at radius 3 is 2.35 bits per heavy atom. The summed E-state index contributed by atoms with van der Waals surface area (Å²) in [5.41, 5.74) is 0.163. The van der Waals surface area contributed by atoms with Gasteiger partial charge in [0, 0.05) is 31.3 Å². The van der Waals surface area contributed by atoms with Gasteiger partial charge in [-0.3, -0.25) is 9.29 Å². The van der Waals surface area contributed by atoms with Crippen LogP contribution in [0.3, 0.4) is 0 Å². The second-order valence-corrected chi connectivity index (χ2v) is 9.30. The van der Waals surface area contributed by atoms with Gasteiger partial charge in [-0.05, 0) is 24.6 Å². The summed E-state index contributed by atoms with van der Waals surface area (Å²) in [7, 11) is -2.41. The lowest BCUT2D eigenvalue weighted by Crippen LogP contribution is -2.27. The lowest BCUT2D eigenvalue weighted by Gasteiger charge is -2.19. The van der Waals surface area contributed by atoms with Crippen LogP contribution in [0.25, 0.3) is 0 Å². The molecule has 2 aromatic heterocycles. The maximum absolute atomic E-state index is 13.5. The van der Waals surface area contributed by atoms with E-state index in [1.165, 1.54) is 19.4 Å². The molecular weight excluding hydrogens is 475 g/mol. The third-order valence-corrected chi connectivity index (χ3v) is 5.88. The smallest absolute Gasteiger partial charge is 0.389 e. The van der Waals surface area contributed by atoms with Crippen molar-refractivity contribution in [2.75, 3.05) is 28.2 Å². The fourth-order valence-electron chi connectivity index (χ4n) is 2.83. The maximum Gasteiger partial charge on any atom is 0.421 e. The Morgan fingerprint density at radius 2 is 1.76 bits per heavy atom. The van der Waals surface area contributed by atoms with Crippen molar-refractivity contribution in [2.45, 2.75) is 25.7 Å². The predicted octanol–water partition coefficient (Wildman–Crippen LogP) is 3.09. The molecule has 0 radical (unpaired) electrons. The van der Waals surface area contributed by atoms with Crippen LogP contribution in [-0.2, 0) is 22.7 Å². The van der Waals surface area contributed by atoms with Crippen LogP contribution in [0.4, 0.5) is 36.4 Å². The van der Waals surface area contributed by atoms with Crippen molar-refractivity contribution in [3.05, 3.63) is 59.7 Å². The highest BCUT2D eigenvalue weighted by Gasteiger charge is 2.35. The van der Waals surface area contributed by atoms with E-state index in [4.69, 9.17) is 0 Å². The topological polar surface area (TPSA) is 133 Å². The molecule has 3 N–H and O–H groups in total. The van der Waals surface area contributed by atoms with Crippen molar-refractivity contribution < 1.29 is 26.7 Å². The van der Waals surface area contributed by atoms with E-state index in [1.807, 2.05) is 0 Å². The zero-order valence-corrected chi connectivity index (χ0v) is 19.2. The molecule has 10 nitrogen and oxygen atoms in total. The molecule has 1 atom stereocenters. The Hall–Kier alpha value is -3.52. The van der Waals surface area contributed by atoms with Crippen molar-refractivity contribution in [1.82, 2.24) is 19.9 Å². The number of nitrogens with one attached hydrogen (secondary N) is 2. The summed E-state index contributed by atoms with van der Waals surface area (Å²) in [6.07, 6.45) is -1.23. The molecule has 2 heterocycles. The second-order valence-electron chi connectivity index (χ2n) is 7.29. The quantitative estimate of drug-likeness (QED) is 0.429. The summed E-state index contributed by atoms with van der Waals surface area (Å²) < 4.78 is 65.2. The van der Waals surface area contributed by atoms with Crippen LogP contribution in [0.1, 0.15) is 29.8 Å². The molecule has 0 aliphatic heterocycles. The molecule has 1 unspecified atom stereocenters. The maximum atomic E-state index is 13.5. The minimum Gasteiger partial charge on any atom is -0.389 e. The number of alkyl halides is 3. The molecule has 3 aromatic rings. The normalized spacial score (nSPS) is 12.8. The van der Waals surface area contributed by atoms with Crippen molar-refractivity contribution in [1.29, 1.82) is 0 Å². The number of hydrogen-bond donors (Lipinski definition) is 3. The van der Waals surface area contributed by atoms with Crippen molar-refractivity contribution >= 4 is 33.3 Å². The number of sulfonamides is 1. The van der Waals surface area contributed by atoms with Gasteiger partial charge >= 0.3 is 6.18 Å². The first kappa shape index (κ1) is 25.1. The lowest BCUT2D eigenvalue weighted by molar-refractivity contribution is -0.137. The third kappa shape index (κ3) is 6.08. The Morgan fingerprint density at radius 1 is 1.12 bits per heavy atom. The number of benzene rings is 1. The van der Waals surface area contributed by atoms with Crippen LogP contribution in [0.5, 0.6) is 0 Å². The summed E-state index contributed by atoms with van der Waals surface area (Å²) in [5, 5.41) is 15.0. The van der Waals surface area contributed by atoms with Crippen LogP contribution < -0.4 is 14.9 Å². The Kier molecular flexibility index (Phi) is 7.21. The van der Waals surface area contributed by atoms with Gasteiger partial charge in [0.15, 0.2) is 5.82 Å². The van der Waals surface area contributed by atoms with Gasteiger partial charge in [-0.2, -0.15) is 18.2 Å². The van der Waals surface area contributed by atoms with E-state index >= 15 is 0 Å². The fourth-order valence-corrected chi connectivity index (χ4v) is 3.30. The molecule has 0 spiro atoms. The molecule has 0 saturated heterocycles. The van der Waals surface area contributed by atoms with E-state index in [1.54, 1.807) is 31.2 Å². The molecule has 34 heavy (non-hydrogen) atoms. The van der Waals surface area contributed by atoms with Crippen molar-refractivity contribution in [2.24, 2.45) is 0 Å². The zero-order valence-electron chi connectivity index (χ0n) is 18.4. The van der Waals surface area contributed by atoms with Gasteiger partial charge in [0.1, 0.15) is 17.1 Å². The average molecular weight is 498 g/mol. The van der Waals surface area contributed by atoms with Gasteiger partial charge in [0.05, 0.1) is 18.9 Å². The van der Waals surface area contributed by atoms with Crippen LogP contribution in [0.15, 0.2) is 42.9 Å². The van der Waals surface area contributed by atoms with E-state index in [0.717, 1.165) is 10.6 Å². The number of hydrogen-bond acceptors (Lipinski definition) is 9. The Labute approximate surface area is 194 Å². The molecule has 0 aliphatic rings. The van der Waals surface area contributed by atoms with E-state index in [-0.39, 0.29) is 24.0 Å². The Bertz CT molecular complexity index is 1250. The number of aliphatic hydroxyl groups excluding tert-OH is 1. The first-order chi connectivity index (χ1) is 15.9. The van der Waals surface area contributed by atoms with E-state index < -0.39 is 33.7 Å². The number of aromatic nitrogens is 4. The first-order valence-corrected chi connectivity index (χ1v) is 11.7. The second kappa shape index (κ2) is 9.77. The molecule has 1 aromatic carbocycles. The number of rotatable bonds is 8. The highest BCUT2D eigenvalue weighted by atomic mass is 32.2. The molecule has 0 bridgehead atoms. The van der Waals surface area contributed by atoms with E-state index in [0.29, 0.717) is 17.4 Å². The van der Waals surface area contributed by atoms with Crippen LogP contribution in [-0.4, -0.2) is 46.8 Å². The van der Waals surface area contributed by atoms with Gasteiger partial charge < -0.3 is 15.7 Å². The zero-order chi connectivity index (χ0) is 25.1. The van der Waals surface area contributed by atoms with E-state index in [2.05, 4.69) is 30.6 Å². The van der Waals surface area contributed by atoms with Gasteiger partial charge in [-0.15, -0.1) is 0 Å². The summed E-state index contributed by atoms with van der Waals surface area (Å²) in [6.45, 7) is 1.32. The summed E-state index contributed by atoms with van der Waals surface area (Å²) >= 11 is 0. The first-order valence-electron chi connectivity index (χ1n) is 9.83. The molecule has 14 heteroatoms. The number of aliphatic hydroxyl groups is 1. The SMILES string of the molecule is CC(O)c1ccc(Nc2ncc(C(F)(F)F)c(NCc3nccnc3N(C)S(C)(=O)=O)n2)cc1. The standard InChI is InChI=1S/C20H22F3N7O3S/c1-12(31)13-4-6-14(7-5-13)28-19-27-10-15(20(21,22)23)17(29-19)26-11-16-18(25-9-8-24-16)30(2)34(3,32)33/h4-10,12,31H,11H2,1-3H3,(H2,26,27,28,29). The predicted molar refractivity (Wildman–Crippen MR) is 120 cm³/mol. The lowest BCUT2D eigenvalue weighted by atomic mass is 10.1. The van der Waals surface area contributed by atoms with Gasteiger partial charge in [-0.1, -0.05) is 12.1 Å². The van der Waals surface area contributed by atoms with E-state index in [9.17, 15) is 26.7 Å². The largest absolute Gasteiger partial charge is 0.421 e. The van der Waals surface area contributed by atoms with Crippen LogP contribution in [0.2, 0.25) is 0 Å². The number of nitrogens with zero attached hydrogens (tertiary/aromatic N) is 5. The summed E-state index contributed by atoms with van der Waals surface area (Å²) in [5.74, 6) is -0.659. The highest BCUT2D eigenvalue weighted by Crippen LogP contribution is 2.34. The summed E-state index contributed by atoms with van der Waals surface area (Å²) in [6, 6.07) is 6.57. The monoisotopic (exact) mass is 497 g/mol. The minimum atomic E-state index is -4.74. The molecule has 0 saturated carbocycles. The van der Waals surface area contributed by atoms with Crippen molar-refractivity contribution in [3.8, 4) is 0 Å². The van der Waals surface area contributed by atoms with Gasteiger partial charge in [0.2, 0.25) is 16.0 Å². The summed E-state index contributed by atoms with van der Waals surface area (Å²) in [4.78, 5) is 15.7. The molecule has 0 amide bonds.